The molecule has 2 heterocycles. The molecule has 0 bridgehead atoms. The lowest BCUT2D eigenvalue weighted by molar-refractivity contribution is -0.149. The zero-order chi connectivity index (χ0) is 15.1. The molecule has 5 heteroatoms. The fourth-order valence-corrected chi connectivity index (χ4v) is 4.60. The number of rotatable bonds is 2. The zero-order valence-electron chi connectivity index (χ0n) is 12.8. The van der Waals surface area contributed by atoms with Crippen LogP contribution in [0.5, 0.6) is 0 Å². The highest BCUT2D eigenvalue weighted by Crippen LogP contribution is 2.76. The van der Waals surface area contributed by atoms with Gasteiger partial charge in [-0.15, -0.1) is 0 Å². The van der Waals surface area contributed by atoms with Gasteiger partial charge in [-0.1, -0.05) is 0 Å². The predicted octanol–water partition coefficient (Wildman–Crippen LogP) is 1.91. The van der Waals surface area contributed by atoms with Gasteiger partial charge in [-0.3, -0.25) is 4.79 Å². The van der Waals surface area contributed by atoms with Crippen LogP contribution in [0.3, 0.4) is 0 Å². The molecular weight excluding hydrogens is 280 g/mol. The summed E-state index contributed by atoms with van der Waals surface area (Å²) in [5.74, 6) is 0.768. The lowest BCUT2D eigenvalue weighted by atomic mass is 9.71. The molecule has 5 nitrogen and oxygen atoms in total. The van der Waals surface area contributed by atoms with E-state index < -0.39 is 0 Å². The lowest BCUT2D eigenvalue weighted by Crippen LogP contribution is -2.59. The van der Waals surface area contributed by atoms with Gasteiger partial charge in [0.15, 0.2) is 0 Å². The van der Waals surface area contributed by atoms with E-state index >= 15 is 0 Å². The molecule has 3 aliphatic carbocycles. The molecule has 0 unspecified atom stereocenters. The number of ether oxygens (including phenoxy) is 1. The van der Waals surface area contributed by atoms with Crippen LogP contribution in [0.25, 0.3) is 0 Å². The number of nitrogens with zero attached hydrogens (tertiary/aromatic N) is 2. The first kappa shape index (κ1) is 12.7. The zero-order valence-corrected chi connectivity index (χ0v) is 12.8. The minimum Gasteiger partial charge on any atom is -0.464 e. The Kier molecular flexibility index (Phi) is 2.17. The number of amides is 1. The Morgan fingerprint density at radius 2 is 1.95 bits per heavy atom. The second-order valence-corrected chi connectivity index (χ2v) is 7.35. The number of hydrogen-bond donors (Lipinski definition) is 0. The third-order valence-electron chi connectivity index (χ3n) is 6.45. The maximum atomic E-state index is 13.0. The van der Waals surface area contributed by atoms with Gasteiger partial charge in [0.2, 0.25) is 5.91 Å². The SMILES string of the molecule is COC(=O)c1ccc2n1CCN(C(=O)C13CC1C3)C21CCC1. The third kappa shape index (κ3) is 1.31. The molecular formula is C17H20N2O3. The molecule has 1 spiro atoms. The Labute approximate surface area is 129 Å². The van der Waals surface area contributed by atoms with Crippen LogP contribution in [-0.2, 0) is 21.6 Å². The van der Waals surface area contributed by atoms with Crippen LogP contribution in [0, 0.1) is 11.3 Å². The molecule has 1 amide bonds. The second-order valence-electron chi connectivity index (χ2n) is 7.35. The maximum absolute atomic E-state index is 13.0. The Hall–Kier alpha value is -1.78. The molecule has 0 aromatic carbocycles. The Morgan fingerprint density at radius 3 is 2.50 bits per heavy atom. The van der Waals surface area contributed by atoms with E-state index in [0.29, 0.717) is 24.1 Å². The fourth-order valence-electron chi connectivity index (χ4n) is 4.60. The highest BCUT2D eigenvalue weighted by atomic mass is 16.5. The van der Waals surface area contributed by atoms with Gasteiger partial charge < -0.3 is 14.2 Å². The largest absolute Gasteiger partial charge is 0.464 e. The quantitative estimate of drug-likeness (QED) is 0.784. The summed E-state index contributed by atoms with van der Waals surface area (Å²) in [6, 6.07) is 3.88. The number of aromatic nitrogens is 1. The van der Waals surface area contributed by atoms with Crippen molar-refractivity contribution in [3.8, 4) is 0 Å². The van der Waals surface area contributed by atoms with Crippen LogP contribution in [0.1, 0.15) is 48.3 Å². The van der Waals surface area contributed by atoms with E-state index in [9.17, 15) is 9.59 Å². The first-order valence-corrected chi connectivity index (χ1v) is 8.23. The molecule has 1 aromatic heterocycles. The number of carbonyl (C=O) groups is 2. The average molecular weight is 300 g/mol. The van der Waals surface area contributed by atoms with Gasteiger partial charge in [-0.2, -0.15) is 0 Å². The number of hydrogen-bond acceptors (Lipinski definition) is 3. The lowest BCUT2D eigenvalue weighted by Gasteiger charge is -2.54. The molecule has 4 aliphatic rings. The van der Waals surface area contributed by atoms with Crippen LogP contribution >= 0.6 is 0 Å². The Morgan fingerprint density at radius 1 is 1.23 bits per heavy atom. The van der Waals surface area contributed by atoms with Crippen LogP contribution in [0.2, 0.25) is 0 Å². The summed E-state index contributed by atoms with van der Waals surface area (Å²) in [6.45, 7) is 1.42. The van der Waals surface area contributed by atoms with Crippen molar-refractivity contribution in [3.63, 3.8) is 0 Å². The Balaban J connectivity index is 1.55. The minimum atomic E-state index is -0.288. The van der Waals surface area contributed by atoms with E-state index in [1.54, 1.807) is 0 Å². The summed E-state index contributed by atoms with van der Waals surface area (Å²) in [4.78, 5) is 27.0. The highest BCUT2D eigenvalue weighted by molar-refractivity contribution is 5.91. The predicted molar refractivity (Wildman–Crippen MR) is 78.2 cm³/mol. The molecule has 3 fully saturated rings. The van der Waals surface area contributed by atoms with Gasteiger partial charge in [0.05, 0.1) is 18.1 Å². The summed E-state index contributed by atoms with van der Waals surface area (Å²) in [5, 5.41) is 0. The molecule has 0 saturated heterocycles. The molecule has 5 rings (SSSR count). The molecule has 116 valence electrons. The van der Waals surface area contributed by atoms with Crippen LogP contribution in [0.4, 0.5) is 0 Å². The van der Waals surface area contributed by atoms with Crippen molar-refractivity contribution < 1.29 is 14.3 Å². The molecule has 0 radical (unpaired) electrons. The molecule has 0 N–H and O–H groups in total. The molecule has 0 atom stereocenters. The number of carbonyl (C=O) groups excluding carboxylic acids is 2. The van der Waals surface area contributed by atoms with E-state index in [1.807, 2.05) is 12.1 Å². The number of methoxy groups -OCH3 is 1. The van der Waals surface area contributed by atoms with E-state index in [0.717, 1.165) is 44.3 Å². The van der Waals surface area contributed by atoms with E-state index in [-0.39, 0.29) is 16.9 Å². The monoisotopic (exact) mass is 300 g/mol. The minimum absolute atomic E-state index is 0.0303. The van der Waals surface area contributed by atoms with E-state index in [2.05, 4.69) is 9.47 Å². The molecule has 22 heavy (non-hydrogen) atoms. The van der Waals surface area contributed by atoms with Crippen LogP contribution in [0.15, 0.2) is 12.1 Å². The summed E-state index contributed by atoms with van der Waals surface area (Å²) < 4.78 is 6.96. The van der Waals surface area contributed by atoms with Gasteiger partial charge >= 0.3 is 5.97 Å². The van der Waals surface area contributed by atoms with Crippen molar-refractivity contribution in [2.45, 2.75) is 44.2 Å². The highest BCUT2D eigenvalue weighted by Gasteiger charge is 2.76. The topological polar surface area (TPSA) is 51.5 Å². The van der Waals surface area contributed by atoms with Crippen molar-refractivity contribution >= 4 is 11.9 Å². The standard InChI is InChI=1S/C17H20N2O3/c1-22-14(20)12-3-4-13-17(5-2-6-17)19(8-7-18(12)13)15(21)16-9-11(16)10-16/h3-4,11H,2,5-10H2,1H3. The third-order valence-corrected chi connectivity index (χ3v) is 6.45. The van der Waals surface area contributed by atoms with Crippen molar-refractivity contribution in [2.24, 2.45) is 11.3 Å². The van der Waals surface area contributed by atoms with E-state index in [1.165, 1.54) is 7.11 Å². The van der Waals surface area contributed by atoms with Gasteiger partial charge in [-0.05, 0) is 50.2 Å². The van der Waals surface area contributed by atoms with Crippen molar-refractivity contribution in [3.05, 3.63) is 23.5 Å². The maximum Gasteiger partial charge on any atom is 0.354 e. The molecule has 3 saturated carbocycles. The fraction of sp³-hybridized carbons (Fsp3) is 0.647. The molecule has 1 aromatic rings. The van der Waals surface area contributed by atoms with Gasteiger partial charge in [-0.25, -0.2) is 4.79 Å². The summed E-state index contributed by atoms with van der Waals surface area (Å²) in [6.07, 6.45) is 5.40. The number of esters is 1. The second kappa shape index (κ2) is 3.76. The van der Waals surface area contributed by atoms with Crippen molar-refractivity contribution in [2.75, 3.05) is 13.7 Å². The summed E-state index contributed by atoms with van der Waals surface area (Å²) >= 11 is 0. The smallest absolute Gasteiger partial charge is 0.354 e. The average Bonchev–Trinajstić information content (AvgIpc) is 3.30. The van der Waals surface area contributed by atoms with Crippen LogP contribution < -0.4 is 0 Å². The normalized spacial score (nSPS) is 32.8. The first-order valence-electron chi connectivity index (χ1n) is 8.23. The molecule has 1 aliphatic heterocycles. The van der Waals surface area contributed by atoms with E-state index in [4.69, 9.17) is 4.74 Å². The van der Waals surface area contributed by atoms with Crippen molar-refractivity contribution in [1.82, 2.24) is 9.47 Å². The Bertz CT molecular complexity index is 695. The van der Waals surface area contributed by atoms with Gasteiger partial charge in [0.1, 0.15) is 5.69 Å². The van der Waals surface area contributed by atoms with Gasteiger partial charge in [0.25, 0.3) is 0 Å². The van der Waals surface area contributed by atoms with Crippen LogP contribution in [-0.4, -0.2) is 35.0 Å². The van der Waals surface area contributed by atoms with Gasteiger partial charge in [0, 0.05) is 18.8 Å². The van der Waals surface area contributed by atoms with Crippen molar-refractivity contribution in [1.29, 1.82) is 0 Å². The number of fused-ring (bicyclic) bond motifs is 3. The summed E-state index contributed by atoms with van der Waals surface area (Å²) in [5.41, 5.74) is 1.62. The summed E-state index contributed by atoms with van der Waals surface area (Å²) in [7, 11) is 1.42. The first-order chi connectivity index (χ1) is 10.6.